The number of nitrogens with one attached hydrogen (secondary N) is 2. The summed E-state index contributed by atoms with van der Waals surface area (Å²) in [5.41, 5.74) is 5.57. The molecule has 1 aliphatic heterocycles. The number of hydrogen-bond donors (Lipinski definition) is 2. The minimum Gasteiger partial charge on any atom is -0.357 e. The van der Waals surface area contributed by atoms with Crippen LogP contribution in [0.1, 0.15) is 23.7 Å². The predicted octanol–water partition coefficient (Wildman–Crippen LogP) is 2.44. The van der Waals surface area contributed by atoms with Gasteiger partial charge in [0.25, 0.3) is 0 Å². The normalized spacial score (nSPS) is 17.2. The lowest BCUT2D eigenvalue weighted by Gasteiger charge is -2.26. The maximum absolute atomic E-state index is 3.67. The average Bonchev–Trinajstić information content (AvgIpc) is 2.77. The lowest BCUT2D eigenvalue weighted by Crippen LogP contribution is -2.43. The third kappa shape index (κ3) is 2.40. The number of para-hydroxylation sites is 1. The topological polar surface area (TPSA) is 31.1 Å². The highest BCUT2D eigenvalue weighted by Crippen LogP contribution is 2.25. The fourth-order valence-electron chi connectivity index (χ4n) is 3.01. The van der Waals surface area contributed by atoms with Gasteiger partial charge in [0.05, 0.1) is 0 Å². The number of aromatic amines is 1. The molecule has 0 unspecified atom stereocenters. The highest BCUT2D eigenvalue weighted by Gasteiger charge is 2.14. The van der Waals surface area contributed by atoms with Gasteiger partial charge in [-0.3, -0.25) is 4.90 Å². The molecule has 102 valence electrons. The Morgan fingerprint density at radius 2 is 2.00 bits per heavy atom. The molecule has 19 heavy (non-hydrogen) atoms. The number of nitrogens with zero attached hydrogens (tertiary/aromatic N) is 1. The maximum atomic E-state index is 3.67. The largest absolute Gasteiger partial charge is 0.357 e. The van der Waals surface area contributed by atoms with Crippen molar-refractivity contribution in [1.82, 2.24) is 15.2 Å². The summed E-state index contributed by atoms with van der Waals surface area (Å²) in [5.74, 6) is 0. The van der Waals surface area contributed by atoms with Crippen molar-refractivity contribution in [3.8, 4) is 0 Å². The zero-order chi connectivity index (χ0) is 13.2. The van der Waals surface area contributed by atoms with Gasteiger partial charge >= 0.3 is 0 Å². The first-order valence-electron chi connectivity index (χ1n) is 7.31. The van der Waals surface area contributed by atoms with Crippen LogP contribution in [0.2, 0.25) is 0 Å². The van der Waals surface area contributed by atoms with Gasteiger partial charge in [-0.2, -0.15) is 0 Å². The van der Waals surface area contributed by atoms with E-state index in [0.717, 1.165) is 39.1 Å². The van der Waals surface area contributed by atoms with Gasteiger partial charge in [0.15, 0.2) is 0 Å². The fraction of sp³-hybridized carbons (Fsp3) is 0.500. The Labute approximate surface area is 115 Å². The Hall–Kier alpha value is -1.32. The molecule has 2 heterocycles. The first-order valence-corrected chi connectivity index (χ1v) is 7.31. The number of rotatable bonds is 3. The molecular formula is C16H23N3. The van der Waals surface area contributed by atoms with Gasteiger partial charge in [0.2, 0.25) is 0 Å². The van der Waals surface area contributed by atoms with Crippen molar-refractivity contribution in [2.75, 3.05) is 26.2 Å². The Bertz CT molecular complexity index is 565. The summed E-state index contributed by atoms with van der Waals surface area (Å²) in [7, 11) is 0. The van der Waals surface area contributed by atoms with Gasteiger partial charge in [-0.15, -0.1) is 0 Å². The predicted molar refractivity (Wildman–Crippen MR) is 80.6 cm³/mol. The summed E-state index contributed by atoms with van der Waals surface area (Å²) in [6, 6.07) is 6.64. The van der Waals surface area contributed by atoms with E-state index in [-0.39, 0.29) is 0 Å². The lowest BCUT2D eigenvalue weighted by atomic mass is 10.1. The van der Waals surface area contributed by atoms with E-state index < -0.39 is 0 Å². The van der Waals surface area contributed by atoms with Crippen LogP contribution in [0.3, 0.4) is 0 Å². The molecule has 0 atom stereocenters. The summed E-state index contributed by atoms with van der Waals surface area (Å²) < 4.78 is 0. The van der Waals surface area contributed by atoms with Crippen molar-refractivity contribution in [2.24, 2.45) is 0 Å². The van der Waals surface area contributed by atoms with Crippen LogP contribution in [0, 0.1) is 6.92 Å². The molecule has 1 aromatic heterocycles. The molecule has 1 aliphatic rings. The van der Waals surface area contributed by atoms with E-state index in [4.69, 9.17) is 0 Å². The van der Waals surface area contributed by atoms with E-state index >= 15 is 0 Å². The Morgan fingerprint density at radius 1 is 1.21 bits per heavy atom. The third-order valence-electron chi connectivity index (χ3n) is 4.26. The van der Waals surface area contributed by atoms with Gasteiger partial charge in [-0.25, -0.2) is 0 Å². The van der Waals surface area contributed by atoms with Crippen LogP contribution in [0.5, 0.6) is 0 Å². The third-order valence-corrected chi connectivity index (χ3v) is 4.26. The Kier molecular flexibility index (Phi) is 3.58. The first-order chi connectivity index (χ1) is 9.29. The summed E-state index contributed by atoms with van der Waals surface area (Å²) in [6.45, 7) is 10.0. The monoisotopic (exact) mass is 257 g/mol. The molecule has 3 heteroatoms. The number of hydrogen-bond acceptors (Lipinski definition) is 2. The molecule has 0 bridgehead atoms. The van der Waals surface area contributed by atoms with Crippen LogP contribution in [0.25, 0.3) is 10.9 Å². The molecule has 0 amide bonds. The quantitative estimate of drug-likeness (QED) is 0.885. The average molecular weight is 257 g/mol. The Balaban J connectivity index is 1.93. The molecule has 1 aromatic carbocycles. The first kappa shape index (κ1) is 12.7. The van der Waals surface area contributed by atoms with Crippen molar-refractivity contribution in [3.63, 3.8) is 0 Å². The van der Waals surface area contributed by atoms with Gasteiger partial charge in [-0.1, -0.05) is 25.1 Å². The Morgan fingerprint density at radius 3 is 2.74 bits per heavy atom. The minimum absolute atomic E-state index is 1.05. The van der Waals surface area contributed by atoms with E-state index in [1.165, 1.54) is 27.7 Å². The standard InChI is InChI=1S/C16H23N3/c1-3-13-5-4-6-14-12(2)15(18-16(13)14)11-19-9-7-17-8-10-19/h4-6,17-18H,3,7-11H2,1-2H3. The summed E-state index contributed by atoms with van der Waals surface area (Å²) >= 11 is 0. The van der Waals surface area contributed by atoms with Crippen LogP contribution < -0.4 is 5.32 Å². The summed E-state index contributed by atoms with van der Waals surface area (Å²) in [4.78, 5) is 6.20. The number of aryl methyl sites for hydroxylation is 2. The molecule has 1 saturated heterocycles. The van der Waals surface area contributed by atoms with Crippen LogP contribution >= 0.6 is 0 Å². The second-order valence-electron chi connectivity index (χ2n) is 5.45. The summed E-state index contributed by atoms with van der Waals surface area (Å²) in [5, 5.41) is 4.80. The van der Waals surface area contributed by atoms with Crippen molar-refractivity contribution in [2.45, 2.75) is 26.8 Å². The van der Waals surface area contributed by atoms with E-state index in [2.05, 4.69) is 47.2 Å². The van der Waals surface area contributed by atoms with Crippen molar-refractivity contribution in [3.05, 3.63) is 35.0 Å². The van der Waals surface area contributed by atoms with Gasteiger partial charge in [-0.05, 0) is 24.5 Å². The molecule has 2 N–H and O–H groups in total. The molecule has 0 aliphatic carbocycles. The molecule has 0 saturated carbocycles. The van der Waals surface area contributed by atoms with Crippen molar-refractivity contribution < 1.29 is 0 Å². The molecule has 2 aromatic rings. The lowest BCUT2D eigenvalue weighted by molar-refractivity contribution is 0.231. The number of fused-ring (bicyclic) bond motifs is 1. The van der Waals surface area contributed by atoms with Gasteiger partial charge in [0.1, 0.15) is 0 Å². The SMILES string of the molecule is CCc1cccc2c(C)c(CN3CCNCC3)[nH]c12. The highest BCUT2D eigenvalue weighted by molar-refractivity contribution is 5.87. The van der Waals surface area contributed by atoms with E-state index in [0.29, 0.717) is 0 Å². The smallest absolute Gasteiger partial charge is 0.0491 e. The van der Waals surface area contributed by atoms with Crippen molar-refractivity contribution in [1.29, 1.82) is 0 Å². The highest BCUT2D eigenvalue weighted by atomic mass is 15.2. The van der Waals surface area contributed by atoms with Gasteiger partial charge in [0, 0.05) is 49.3 Å². The molecule has 3 rings (SSSR count). The molecule has 3 nitrogen and oxygen atoms in total. The number of piperazine rings is 1. The second kappa shape index (κ2) is 5.35. The molecule has 0 radical (unpaired) electrons. The summed E-state index contributed by atoms with van der Waals surface area (Å²) in [6.07, 6.45) is 1.09. The molecule has 1 fully saturated rings. The van der Waals surface area contributed by atoms with Crippen LogP contribution in [0.15, 0.2) is 18.2 Å². The molecule has 0 spiro atoms. The van der Waals surface area contributed by atoms with Crippen molar-refractivity contribution >= 4 is 10.9 Å². The maximum Gasteiger partial charge on any atom is 0.0491 e. The number of benzene rings is 1. The zero-order valence-corrected chi connectivity index (χ0v) is 11.9. The second-order valence-corrected chi connectivity index (χ2v) is 5.45. The fourth-order valence-corrected chi connectivity index (χ4v) is 3.01. The minimum atomic E-state index is 1.05. The molecular weight excluding hydrogens is 234 g/mol. The van der Waals surface area contributed by atoms with Crippen LogP contribution in [-0.4, -0.2) is 36.1 Å². The van der Waals surface area contributed by atoms with Crippen LogP contribution in [-0.2, 0) is 13.0 Å². The van der Waals surface area contributed by atoms with E-state index in [1.807, 2.05) is 0 Å². The van der Waals surface area contributed by atoms with E-state index in [1.54, 1.807) is 0 Å². The van der Waals surface area contributed by atoms with E-state index in [9.17, 15) is 0 Å². The number of aromatic nitrogens is 1. The number of H-pyrrole nitrogens is 1. The zero-order valence-electron chi connectivity index (χ0n) is 11.9. The van der Waals surface area contributed by atoms with Gasteiger partial charge < -0.3 is 10.3 Å². The van der Waals surface area contributed by atoms with Crippen LogP contribution in [0.4, 0.5) is 0 Å².